The number of methoxy groups -OCH3 is 1. The first-order valence-corrected chi connectivity index (χ1v) is 11.1. The lowest BCUT2D eigenvalue weighted by molar-refractivity contribution is 0.380. The quantitative estimate of drug-likeness (QED) is 0.364. The molecule has 0 aliphatic rings. The Kier molecular flexibility index (Phi) is 5.83. The Hall–Kier alpha value is -4.75. The largest absolute Gasteiger partial charge is 0.467 e. The Balaban J connectivity index is 1.80. The average molecular weight is 500 g/mol. The van der Waals surface area contributed by atoms with Gasteiger partial charge in [0.15, 0.2) is 5.65 Å². The predicted octanol–water partition coefficient (Wildman–Crippen LogP) is 2.90. The number of nitriles is 1. The third-order valence-electron chi connectivity index (χ3n) is 5.75. The van der Waals surface area contributed by atoms with Crippen LogP contribution in [0, 0.1) is 11.3 Å². The highest BCUT2D eigenvalue weighted by molar-refractivity contribution is 6.30. The van der Waals surface area contributed by atoms with Crippen LogP contribution in [0.5, 0.6) is 6.01 Å². The van der Waals surface area contributed by atoms with E-state index in [-0.39, 0.29) is 18.2 Å². The molecule has 2 aromatic carbocycles. The van der Waals surface area contributed by atoms with Crippen molar-refractivity contribution in [1.82, 2.24) is 28.9 Å². The Morgan fingerprint density at radius 2 is 1.64 bits per heavy atom. The summed E-state index contributed by atoms with van der Waals surface area (Å²) in [6.45, 7) is 0.148. The molecule has 0 spiro atoms. The Morgan fingerprint density at radius 1 is 0.972 bits per heavy atom. The fourth-order valence-electron chi connectivity index (χ4n) is 3.97. The van der Waals surface area contributed by atoms with E-state index in [1.807, 2.05) is 0 Å². The van der Waals surface area contributed by atoms with E-state index in [1.54, 1.807) is 48.5 Å². The second-order valence-electron chi connectivity index (χ2n) is 7.93. The van der Waals surface area contributed by atoms with Crippen LogP contribution in [0.1, 0.15) is 11.1 Å². The van der Waals surface area contributed by atoms with Crippen molar-refractivity contribution in [3.05, 3.63) is 97.9 Å². The van der Waals surface area contributed by atoms with Crippen molar-refractivity contribution in [2.75, 3.05) is 7.11 Å². The maximum absolute atomic E-state index is 13.6. The number of hydrogen-bond donors (Lipinski definition) is 0. The minimum Gasteiger partial charge on any atom is -0.467 e. The molecule has 0 N–H and O–H groups in total. The average Bonchev–Trinajstić information content (AvgIpc) is 3.22. The first-order chi connectivity index (χ1) is 17.4. The van der Waals surface area contributed by atoms with Gasteiger partial charge in [-0.3, -0.25) is 4.79 Å². The summed E-state index contributed by atoms with van der Waals surface area (Å²) >= 11 is 6.08. The van der Waals surface area contributed by atoms with Gasteiger partial charge in [-0.15, -0.1) is 5.10 Å². The van der Waals surface area contributed by atoms with Gasteiger partial charge in [0.05, 0.1) is 30.9 Å². The minimum atomic E-state index is -0.493. The minimum absolute atomic E-state index is 0.148. The van der Waals surface area contributed by atoms with Crippen LogP contribution in [0.2, 0.25) is 5.02 Å². The van der Waals surface area contributed by atoms with Gasteiger partial charge in [-0.2, -0.15) is 9.78 Å². The Morgan fingerprint density at radius 3 is 2.25 bits per heavy atom. The second kappa shape index (κ2) is 9.13. The molecule has 0 fully saturated rings. The zero-order chi connectivity index (χ0) is 25.4. The van der Waals surface area contributed by atoms with E-state index in [9.17, 15) is 9.59 Å². The van der Waals surface area contributed by atoms with Crippen LogP contribution in [-0.2, 0) is 13.6 Å². The predicted molar refractivity (Wildman–Crippen MR) is 133 cm³/mol. The molecular formula is C25H18ClN7O3. The number of ether oxygens (including phenoxy) is 1. The molecule has 36 heavy (non-hydrogen) atoms. The van der Waals surface area contributed by atoms with Crippen LogP contribution in [-0.4, -0.2) is 36.1 Å². The highest BCUT2D eigenvalue weighted by Crippen LogP contribution is 2.32. The van der Waals surface area contributed by atoms with Gasteiger partial charge < -0.3 is 4.74 Å². The van der Waals surface area contributed by atoms with Gasteiger partial charge in [-0.25, -0.2) is 24.1 Å². The molecule has 0 unspecified atom stereocenters. The zero-order valence-electron chi connectivity index (χ0n) is 19.2. The van der Waals surface area contributed by atoms with Crippen molar-refractivity contribution in [3.8, 4) is 34.3 Å². The van der Waals surface area contributed by atoms with Gasteiger partial charge in [0, 0.05) is 35.6 Å². The summed E-state index contributed by atoms with van der Waals surface area (Å²) < 4.78 is 8.81. The van der Waals surface area contributed by atoms with Crippen LogP contribution in [0.15, 0.2) is 70.5 Å². The number of halogens is 1. The van der Waals surface area contributed by atoms with Gasteiger partial charge in [0.1, 0.15) is 0 Å². The van der Waals surface area contributed by atoms with Crippen molar-refractivity contribution in [1.29, 1.82) is 5.26 Å². The monoisotopic (exact) mass is 499 g/mol. The molecule has 0 radical (unpaired) electrons. The smallest absolute Gasteiger partial charge is 0.365 e. The molecule has 3 heterocycles. The second-order valence-corrected chi connectivity index (χ2v) is 8.36. The van der Waals surface area contributed by atoms with Crippen LogP contribution < -0.4 is 16.0 Å². The van der Waals surface area contributed by atoms with Crippen LogP contribution in [0.25, 0.3) is 27.9 Å². The molecule has 10 nitrogen and oxygen atoms in total. The number of aromatic nitrogens is 6. The number of aryl methyl sites for hydroxylation is 1. The van der Waals surface area contributed by atoms with Crippen molar-refractivity contribution >= 4 is 17.2 Å². The summed E-state index contributed by atoms with van der Waals surface area (Å²) in [5.74, 6) is 0. The normalized spacial score (nSPS) is 10.9. The first kappa shape index (κ1) is 23.0. The zero-order valence-corrected chi connectivity index (χ0v) is 20.0. The van der Waals surface area contributed by atoms with Crippen LogP contribution >= 0.6 is 11.6 Å². The summed E-state index contributed by atoms with van der Waals surface area (Å²) in [6.07, 6.45) is 3.04. The highest BCUT2D eigenvalue weighted by Gasteiger charge is 2.24. The summed E-state index contributed by atoms with van der Waals surface area (Å²) in [6, 6.07) is 15.9. The molecular weight excluding hydrogens is 482 g/mol. The van der Waals surface area contributed by atoms with Crippen molar-refractivity contribution in [2.45, 2.75) is 6.54 Å². The van der Waals surface area contributed by atoms with Gasteiger partial charge in [0.2, 0.25) is 0 Å². The first-order valence-electron chi connectivity index (χ1n) is 10.8. The SMILES string of the molecule is COc1ncc(-c2c(-c3ccc(Cl)cc3)c(=O)n(C)n3c(=O)n(Cc4ccc(C#N)cc4)nc23)cn1. The summed E-state index contributed by atoms with van der Waals surface area (Å²) in [7, 11) is 2.97. The molecule has 0 atom stereocenters. The van der Waals surface area contributed by atoms with Crippen LogP contribution in [0.3, 0.4) is 0 Å². The van der Waals surface area contributed by atoms with Crippen molar-refractivity contribution in [2.24, 2.45) is 7.05 Å². The number of rotatable bonds is 5. The lowest BCUT2D eigenvalue weighted by atomic mass is 9.98. The molecule has 11 heteroatoms. The molecule has 0 amide bonds. The number of fused-ring (bicyclic) bond motifs is 1. The molecule has 0 saturated heterocycles. The van der Waals surface area contributed by atoms with Gasteiger partial charge in [-0.1, -0.05) is 35.9 Å². The van der Waals surface area contributed by atoms with Gasteiger partial charge >= 0.3 is 11.7 Å². The summed E-state index contributed by atoms with van der Waals surface area (Å²) in [5.41, 5.74) is 2.46. The van der Waals surface area contributed by atoms with E-state index in [2.05, 4.69) is 21.1 Å². The lowest BCUT2D eigenvalue weighted by Gasteiger charge is -2.13. The van der Waals surface area contributed by atoms with E-state index in [1.165, 1.54) is 40.4 Å². The fraction of sp³-hybridized carbons (Fsp3) is 0.120. The third-order valence-corrected chi connectivity index (χ3v) is 6.00. The molecule has 5 rings (SSSR count). The number of benzene rings is 2. The summed E-state index contributed by atoms with van der Waals surface area (Å²) in [4.78, 5) is 35.4. The molecule has 0 aliphatic heterocycles. The molecule has 0 bridgehead atoms. The maximum atomic E-state index is 13.6. The van der Waals surface area contributed by atoms with E-state index in [4.69, 9.17) is 21.6 Å². The number of nitrogens with zero attached hydrogens (tertiary/aromatic N) is 7. The van der Waals surface area contributed by atoms with Gasteiger partial charge in [0.25, 0.3) is 5.56 Å². The summed E-state index contributed by atoms with van der Waals surface area (Å²) in [5, 5.41) is 14.2. The fourth-order valence-corrected chi connectivity index (χ4v) is 4.09. The van der Waals surface area contributed by atoms with E-state index < -0.39 is 11.2 Å². The topological polar surface area (TPSA) is 120 Å². The van der Waals surface area contributed by atoms with E-state index in [0.717, 1.165) is 5.56 Å². The molecule has 0 aliphatic carbocycles. The molecule has 5 aromatic rings. The Bertz CT molecular complexity index is 1750. The molecule has 3 aromatic heterocycles. The maximum Gasteiger partial charge on any atom is 0.365 e. The lowest BCUT2D eigenvalue weighted by Crippen LogP contribution is -2.33. The van der Waals surface area contributed by atoms with Crippen molar-refractivity contribution in [3.63, 3.8) is 0 Å². The van der Waals surface area contributed by atoms with E-state index in [0.29, 0.717) is 32.8 Å². The number of hydrogen-bond acceptors (Lipinski definition) is 7. The van der Waals surface area contributed by atoms with E-state index >= 15 is 0 Å². The molecule has 178 valence electrons. The van der Waals surface area contributed by atoms with Gasteiger partial charge in [-0.05, 0) is 35.4 Å². The third kappa shape index (κ3) is 3.91. The highest BCUT2D eigenvalue weighted by atomic mass is 35.5. The molecule has 0 saturated carbocycles. The van der Waals surface area contributed by atoms with Crippen LogP contribution in [0.4, 0.5) is 0 Å². The Labute approximate surface area is 209 Å². The van der Waals surface area contributed by atoms with Crippen molar-refractivity contribution < 1.29 is 4.74 Å². The standard InChI is InChI=1S/C25H18ClN7O3/c1-31-23(34)21(17-7-9-19(26)10-8-17)20(18-12-28-24(36-2)29-13-18)22-30-32(25(35)33(22)31)14-16-5-3-15(11-27)4-6-16/h3-10,12-13H,14H2,1-2H3.